The molecule has 0 heterocycles. The van der Waals surface area contributed by atoms with E-state index in [9.17, 15) is 4.79 Å². The van der Waals surface area contributed by atoms with Gasteiger partial charge in [-0.15, -0.1) is 0 Å². The molecule has 0 aromatic heterocycles. The summed E-state index contributed by atoms with van der Waals surface area (Å²) in [5, 5.41) is 0. The highest BCUT2D eigenvalue weighted by Crippen LogP contribution is 2.63. The van der Waals surface area contributed by atoms with Crippen LogP contribution in [0.15, 0.2) is 47.1 Å². The van der Waals surface area contributed by atoms with Gasteiger partial charge in [-0.25, -0.2) is 0 Å². The van der Waals surface area contributed by atoms with Crippen LogP contribution in [0.25, 0.3) is 0 Å². The lowest BCUT2D eigenvalue weighted by Crippen LogP contribution is -2.41. The molecule has 4 aliphatic rings. The first-order chi connectivity index (χ1) is 13.7. The zero-order valence-electron chi connectivity index (χ0n) is 19.4. The molecule has 158 valence electrons. The third-order valence-corrected chi connectivity index (χ3v) is 9.37. The summed E-state index contributed by atoms with van der Waals surface area (Å²) in [6, 6.07) is 0. The summed E-state index contributed by atoms with van der Waals surface area (Å²) in [5.41, 5.74) is 5.21. The Kier molecular flexibility index (Phi) is 5.33. The average molecular weight is 393 g/mol. The van der Waals surface area contributed by atoms with Crippen LogP contribution in [0.5, 0.6) is 0 Å². The fourth-order valence-electron chi connectivity index (χ4n) is 6.91. The number of fused-ring (bicyclic) bond motifs is 4. The molecule has 1 fully saturated rings. The minimum absolute atomic E-state index is 0.169. The molecule has 0 amide bonds. The summed E-state index contributed by atoms with van der Waals surface area (Å²) in [5.74, 6) is 3.69. The van der Waals surface area contributed by atoms with Crippen molar-refractivity contribution >= 4 is 5.78 Å². The summed E-state index contributed by atoms with van der Waals surface area (Å²) >= 11 is 0. The molecule has 1 nitrogen and oxygen atoms in total. The first-order valence-corrected chi connectivity index (χ1v) is 12.0. The fourth-order valence-corrected chi connectivity index (χ4v) is 6.91. The van der Waals surface area contributed by atoms with Crippen LogP contribution in [0.1, 0.15) is 80.1 Å². The fraction of sp³-hybridized carbons (Fsp3) is 0.679. The minimum atomic E-state index is 0.169. The van der Waals surface area contributed by atoms with Gasteiger partial charge in [-0.2, -0.15) is 0 Å². The summed E-state index contributed by atoms with van der Waals surface area (Å²) in [6.45, 7) is 14.4. The largest absolute Gasteiger partial charge is 0.295 e. The van der Waals surface area contributed by atoms with Gasteiger partial charge in [-0.1, -0.05) is 71.4 Å². The minimum Gasteiger partial charge on any atom is -0.295 e. The molecule has 0 unspecified atom stereocenters. The third-order valence-electron chi connectivity index (χ3n) is 9.37. The van der Waals surface area contributed by atoms with E-state index in [0.717, 1.165) is 18.8 Å². The molecule has 0 spiro atoms. The van der Waals surface area contributed by atoms with Gasteiger partial charge in [0.1, 0.15) is 0 Å². The van der Waals surface area contributed by atoms with Gasteiger partial charge in [0.05, 0.1) is 0 Å². The highest BCUT2D eigenvalue weighted by Gasteiger charge is 2.53. The Hall–Kier alpha value is -1.37. The van der Waals surface area contributed by atoms with Crippen molar-refractivity contribution < 1.29 is 4.79 Å². The maximum atomic E-state index is 12.0. The quantitative estimate of drug-likeness (QED) is 0.454. The molecule has 1 saturated carbocycles. The van der Waals surface area contributed by atoms with Gasteiger partial charge in [0.2, 0.25) is 0 Å². The summed E-state index contributed by atoms with van der Waals surface area (Å²) < 4.78 is 0. The second kappa shape index (κ2) is 7.40. The molecule has 0 aliphatic heterocycles. The van der Waals surface area contributed by atoms with E-state index in [-0.39, 0.29) is 5.41 Å². The van der Waals surface area contributed by atoms with Crippen molar-refractivity contribution in [2.24, 2.45) is 40.4 Å². The van der Waals surface area contributed by atoms with Crippen LogP contribution >= 0.6 is 0 Å². The van der Waals surface area contributed by atoms with Crippen LogP contribution in [0.2, 0.25) is 0 Å². The number of carbonyl (C=O) groups is 1. The maximum Gasteiger partial charge on any atom is 0.156 e. The Morgan fingerprint density at radius 3 is 2.45 bits per heavy atom. The predicted octanol–water partition coefficient (Wildman–Crippen LogP) is 7.46. The first kappa shape index (κ1) is 20.9. The molecule has 0 aromatic rings. The normalized spacial score (nSPS) is 38.7. The Morgan fingerprint density at radius 1 is 0.966 bits per heavy atom. The molecule has 1 heteroatoms. The second-order valence-corrected chi connectivity index (χ2v) is 11.3. The highest BCUT2D eigenvalue weighted by molar-refractivity contribution is 5.92. The Balaban J connectivity index is 1.65. The molecule has 29 heavy (non-hydrogen) atoms. The molecule has 0 saturated heterocycles. The highest BCUT2D eigenvalue weighted by atomic mass is 16.1. The number of rotatable bonds is 4. The van der Waals surface area contributed by atoms with Crippen LogP contribution < -0.4 is 0 Å². The molecule has 0 N–H and O–H groups in total. The van der Waals surface area contributed by atoms with Gasteiger partial charge in [-0.05, 0) is 89.7 Å². The van der Waals surface area contributed by atoms with E-state index in [4.69, 9.17) is 0 Å². The van der Waals surface area contributed by atoms with Gasteiger partial charge >= 0.3 is 0 Å². The first-order valence-electron chi connectivity index (χ1n) is 12.0. The van der Waals surface area contributed by atoms with E-state index < -0.39 is 0 Å². The van der Waals surface area contributed by atoms with E-state index in [1.807, 2.05) is 6.08 Å². The topological polar surface area (TPSA) is 17.1 Å². The summed E-state index contributed by atoms with van der Waals surface area (Å²) in [7, 11) is 0. The Labute approximate surface area is 178 Å². The lowest BCUT2D eigenvalue weighted by Gasteiger charge is -2.51. The molecular weight excluding hydrogens is 352 g/mol. The van der Waals surface area contributed by atoms with Crippen molar-refractivity contribution in [3.63, 3.8) is 0 Å². The second-order valence-electron chi connectivity index (χ2n) is 11.3. The van der Waals surface area contributed by atoms with E-state index in [1.54, 1.807) is 11.1 Å². The SMILES string of the molecule is CC(C)[C@@H](C)C=C[C@@H](C)[C@H]1CCC2=C3C=CC4=CC(=O)CC[C@]4(C)[C@@H]3CC[C@@]21C. The molecule has 0 radical (unpaired) electrons. The van der Waals surface area contributed by atoms with Crippen LogP contribution in [-0.2, 0) is 4.79 Å². The molecule has 6 atom stereocenters. The predicted molar refractivity (Wildman–Crippen MR) is 122 cm³/mol. The van der Waals surface area contributed by atoms with Gasteiger partial charge in [0.25, 0.3) is 0 Å². The maximum absolute atomic E-state index is 12.0. The van der Waals surface area contributed by atoms with Gasteiger partial charge < -0.3 is 0 Å². The molecule has 0 bridgehead atoms. The number of ketones is 1. The van der Waals surface area contributed by atoms with Crippen molar-refractivity contribution in [3.05, 3.63) is 47.1 Å². The molecular formula is C28H40O. The third kappa shape index (κ3) is 3.33. The average Bonchev–Trinajstić information content (AvgIpc) is 3.03. The standard InChI is InChI=1S/C28H40O/c1-18(2)19(3)7-8-20(4)24-11-12-25-23-10-9-21-17-22(29)13-15-27(21,5)26(23)14-16-28(24,25)6/h7-10,17-20,24,26H,11-16H2,1-6H3/t19-,20+,24+,26+,27-,28+/m0/s1. The van der Waals surface area contributed by atoms with E-state index in [2.05, 4.69) is 65.8 Å². The van der Waals surface area contributed by atoms with Gasteiger partial charge in [-0.3, -0.25) is 4.79 Å². The molecule has 4 rings (SSSR count). The Bertz CT molecular complexity index is 806. The van der Waals surface area contributed by atoms with Crippen molar-refractivity contribution in [3.8, 4) is 0 Å². The van der Waals surface area contributed by atoms with Crippen LogP contribution in [0, 0.1) is 40.4 Å². The van der Waals surface area contributed by atoms with Crippen LogP contribution in [0.3, 0.4) is 0 Å². The number of allylic oxidation sites excluding steroid dienone is 8. The lowest BCUT2D eigenvalue weighted by molar-refractivity contribution is -0.116. The number of carbonyl (C=O) groups excluding carboxylic acids is 1. The van der Waals surface area contributed by atoms with Gasteiger partial charge in [0.15, 0.2) is 5.78 Å². The van der Waals surface area contributed by atoms with Gasteiger partial charge in [0, 0.05) is 6.42 Å². The lowest BCUT2D eigenvalue weighted by atomic mass is 9.53. The molecule has 4 aliphatic carbocycles. The van der Waals surface area contributed by atoms with Crippen LogP contribution in [0.4, 0.5) is 0 Å². The zero-order valence-corrected chi connectivity index (χ0v) is 19.4. The van der Waals surface area contributed by atoms with Crippen molar-refractivity contribution in [1.82, 2.24) is 0 Å². The zero-order chi connectivity index (χ0) is 21.0. The number of hydrogen-bond acceptors (Lipinski definition) is 1. The summed E-state index contributed by atoms with van der Waals surface area (Å²) in [6.07, 6.45) is 18.5. The van der Waals surface area contributed by atoms with Crippen molar-refractivity contribution in [1.29, 1.82) is 0 Å². The van der Waals surface area contributed by atoms with E-state index in [1.165, 1.54) is 31.3 Å². The van der Waals surface area contributed by atoms with E-state index >= 15 is 0 Å². The number of hydrogen-bond donors (Lipinski definition) is 0. The molecule has 0 aromatic carbocycles. The Morgan fingerprint density at radius 2 is 1.72 bits per heavy atom. The smallest absolute Gasteiger partial charge is 0.156 e. The van der Waals surface area contributed by atoms with Crippen molar-refractivity contribution in [2.45, 2.75) is 80.1 Å². The van der Waals surface area contributed by atoms with Crippen LogP contribution in [-0.4, -0.2) is 5.78 Å². The summed E-state index contributed by atoms with van der Waals surface area (Å²) in [4.78, 5) is 12.0. The monoisotopic (exact) mass is 392 g/mol. The van der Waals surface area contributed by atoms with E-state index in [0.29, 0.717) is 34.9 Å². The van der Waals surface area contributed by atoms with Crippen molar-refractivity contribution in [2.75, 3.05) is 0 Å².